The zero-order valence-electron chi connectivity index (χ0n) is 9.16. The Morgan fingerprint density at radius 3 is 2.32 bits per heavy atom. The number of halogens is 2. The Morgan fingerprint density at radius 2 is 1.74 bits per heavy atom. The van der Waals surface area contributed by atoms with Gasteiger partial charge in [0.1, 0.15) is 11.3 Å². The SMILES string of the molecule is O=C1NC(=S)NC(=O)C1=Cc1cc(Br)cc(Br)c1O. The van der Waals surface area contributed by atoms with Crippen LogP contribution in [0, 0.1) is 0 Å². The van der Waals surface area contributed by atoms with Gasteiger partial charge in [0, 0.05) is 10.0 Å². The zero-order valence-corrected chi connectivity index (χ0v) is 13.1. The highest BCUT2D eigenvalue weighted by molar-refractivity contribution is 9.11. The van der Waals surface area contributed by atoms with Gasteiger partial charge in [0.25, 0.3) is 11.8 Å². The number of carbonyl (C=O) groups is 2. The van der Waals surface area contributed by atoms with Crippen LogP contribution in [0.25, 0.3) is 6.08 Å². The van der Waals surface area contributed by atoms with Crippen molar-refractivity contribution >= 4 is 67.1 Å². The first-order valence-corrected chi connectivity index (χ1v) is 6.94. The molecule has 19 heavy (non-hydrogen) atoms. The van der Waals surface area contributed by atoms with E-state index in [0.29, 0.717) is 14.5 Å². The third kappa shape index (κ3) is 3.02. The average molecular weight is 406 g/mol. The summed E-state index contributed by atoms with van der Waals surface area (Å²) in [7, 11) is 0. The van der Waals surface area contributed by atoms with Gasteiger partial charge in [0.15, 0.2) is 5.11 Å². The molecule has 2 amide bonds. The molecule has 1 aromatic rings. The number of carbonyl (C=O) groups excluding carboxylic acids is 2. The molecule has 2 rings (SSSR count). The minimum absolute atomic E-state index is 0.0354. The van der Waals surface area contributed by atoms with Crippen LogP contribution < -0.4 is 10.6 Å². The van der Waals surface area contributed by atoms with E-state index in [9.17, 15) is 14.7 Å². The van der Waals surface area contributed by atoms with E-state index in [0.717, 1.165) is 0 Å². The number of aromatic hydroxyl groups is 1. The van der Waals surface area contributed by atoms with E-state index in [1.54, 1.807) is 12.1 Å². The van der Waals surface area contributed by atoms with Crippen LogP contribution in [0.4, 0.5) is 0 Å². The number of benzene rings is 1. The predicted octanol–water partition coefficient (Wildman–Crippen LogP) is 1.83. The van der Waals surface area contributed by atoms with E-state index in [2.05, 4.69) is 54.7 Å². The molecule has 1 heterocycles. The number of hydrogen-bond acceptors (Lipinski definition) is 4. The molecule has 1 saturated heterocycles. The maximum absolute atomic E-state index is 11.7. The van der Waals surface area contributed by atoms with Gasteiger partial charge in [0.05, 0.1) is 4.47 Å². The molecular formula is C11H6Br2N2O3S. The third-order valence-corrected chi connectivity index (χ3v) is 3.57. The summed E-state index contributed by atoms with van der Waals surface area (Å²) in [5.74, 6) is -1.28. The fraction of sp³-hybridized carbons (Fsp3) is 0. The lowest BCUT2D eigenvalue weighted by Crippen LogP contribution is -2.51. The lowest BCUT2D eigenvalue weighted by molar-refractivity contribution is -0.123. The molecule has 8 heteroatoms. The lowest BCUT2D eigenvalue weighted by Gasteiger charge is -2.16. The monoisotopic (exact) mass is 404 g/mol. The van der Waals surface area contributed by atoms with Crippen LogP contribution in [-0.4, -0.2) is 22.0 Å². The van der Waals surface area contributed by atoms with Crippen molar-refractivity contribution in [3.63, 3.8) is 0 Å². The van der Waals surface area contributed by atoms with Crippen molar-refractivity contribution in [3.05, 3.63) is 32.2 Å². The van der Waals surface area contributed by atoms with Crippen LogP contribution in [0.2, 0.25) is 0 Å². The van der Waals surface area contributed by atoms with E-state index in [1.165, 1.54) is 6.08 Å². The Hall–Kier alpha value is -1.25. The smallest absolute Gasteiger partial charge is 0.263 e. The fourth-order valence-corrected chi connectivity index (χ4v) is 2.90. The second kappa shape index (κ2) is 5.40. The van der Waals surface area contributed by atoms with Crippen LogP contribution in [0.15, 0.2) is 26.7 Å². The van der Waals surface area contributed by atoms with Crippen LogP contribution in [-0.2, 0) is 9.59 Å². The highest BCUT2D eigenvalue weighted by Gasteiger charge is 2.26. The molecule has 0 atom stereocenters. The molecule has 0 unspecified atom stereocenters. The molecule has 0 spiro atoms. The molecule has 0 aliphatic carbocycles. The molecule has 1 aliphatic rings. The maximum atomic E-state index is 11.7. The van der Waals surface area contributed by atoms with Gasteiger partial charge < -0.3 is 5.11 Å². The van der Waals surface area contributed by atoms with Crippen molar-refractivity contribution in [2.45, 2.75) is 0 Å². The van der Waals surface area contributed by atoms with Crippen molar-refractivity contribution in [2.24, 2.45) is 0 Å². The standard InChI is InChI=1S/C11H6Br2N2O3S/c12-5-1-4(8(16)7(13)3-5)2-6-9(17)14-11(19)15-10(6)18/h1-3,16H,(H2,14,15,17,18,19). The minimum atomic E-state index is -0.607. The molecule has 0 radical (unpaired) electrons. The van der Waals surface area contributed by atoms with Crippen molar-refractivity contribution < 1.29 is 14.7 Å². The van der Waals surface area contributed by atoms with Crippen LogP contribution in [0.5, 0.6) is 5.75 Å². The van der Waals surface area contributed by atoms with E-state index >= 15 is 0 Å². The van der Waals surface area contributed by atoms with Crippen LogP contribution in [0.3, 0.4) is 0 Å². The van der Waals surface area contributed by atoms with Crippen molar-refractivity contribution in [1.29, 1.82) is 0 Å². The molecule has 0 bridgehead atoms. The number of nitrogens with one attached hydrogen (secondary N) is 2. The molecule has 1 fully saturated rings. The summed E-state index contributed by atoms with van der Waals surface area (Å²) >= 11 is 11.1. The average Bonchev–Trinajstić information content (AvgIpc) is 2.29. The Labute approximate surface area is 130 Å². The first-order valence-electron chi connectivity index (χ1n) is 4.95. The first kappa shape index (κ1) is 14.2. The summed E-state index contributed by atoms with van der Waals surface area (Å²) in [5.41, 5.74) is 0.197. The van der Waals surface area contributed by atoms with E-state index in [1.807, 2.05) is 0 Å². The molecule has 0 aromatic heterocycles. The minimum Gasteiger partial charge on any atom is -0.506 e. The summed E-state index contributed by atoms with van der Waals surface area (Å²) in [4.78, 5) is 23.3. The summed E-state index contributed by atoms with van der Waals surface area (Å²) in [6.45, 7) is 0. The highest BCUT2D eigenvalue weighted by Crippen LogP contribution is 2.33. The summed E-state index contributed by atoms with van der Waals surface area (Å²) < 4.78 is 1.14. The lowest BCUT2D eigenvalue weighted by atomic mass is 10.1. The van der Waals surface area contributed by atoms with Gasteiger partial charge in [0.2, 0.25) is 0 Å². The summed E-state index contributed by atoms with van der Waals surface area (Å²) in [5, 5.41) is 14.5. The Balaban J connectivity index is 2.49. The Bertz CT molecular complexity index is 621. The van der Waals surface area contributed by atoms with Crippen molar-refractivity contribution in [3.8, 4) is 5.75 Å². The molecule has 1 aromatic carbocycles. The number of rotatable bonds is 1. The normalized spacial score (nSPS) is 15.1. The third-order valence-electron chi connectivity index (χ3n) is 2.30. The quantitative estimate of drug-likeness (QED) is 0.378. The van der Waals surface area contributed by atoms with E-state index in [4.69, 9.17) is 0 Å². The molecule has 5 nitrogen and oxygen atoms in total. The Kier molecular flexibility index (Phi) is 4.02. The van der Waals surface area contributed by atoms with Gasteiger partial charge in [-0.25, -0.2) is 0 Å². The maximum Gasteiger partial charge on any atom is 0.263 e. The molecular weight excluding hydrogens is 400 g/mol. The molecule has 98 valence electrons. The largest absolute Gasteiger partial charge is 0.506 e. The summed E-state index contributed by atoms with van der Waals surface area (Å²) in [6, 6.07) is 3.23. The number of thiocarbonyl (C=S) groups is 1. The summed E-state index contributed by atoms with van der Waals surface area (Å²) in [6.07, 6.45) is 1.29. The van der Waals surface area contributed by atoms with Gasteiger partial charge in [-0.1, -0.05) is 15.9 Å². The predicted molar refractivity (Wildman–Crippen MR) is 80.4 cm³/mol. The highest BCUT2D eigenvalue weighted by atomic mass is 79.9. The van der Waals surface area contributed by atoms with Crippen LogP contribution in [0.1, 0.15) is 5.56 Å². The Morgan fingerprint density at radius 1 is 1.16 bits per heavy atom. The topological polar surface area (TPSA) is 78.4 Å². The number of phenols is 1. The second-order valence-corrected chi connectivity index (χ2v) is 5.80. The second-order valence-electron chi connectivity index (χ2n) is 3.62. The molecule has 1 aliphatic heterocycles. The zero-order chi connectivity index (χ0) is 14.2. The number of phenolic OH excluding ortho intramolecular Hbond substituents is 1. The van der Waals surface area contributed by atoms with Crippen molar-refractivity contribution in [1.82, 2.24) is 10.6 Å². The van der Waals surface area contributed by atoms with Crippen molar-refractivity contribution in [2.75, 3.05) is 0 Å². The molecule has 3 N–H and O–H groups in total. The van der Waals surface area contributed by atoms with Gasteiger partial charge in [-0.05, 0) is 46.4 Å². The van der Waals surface area contributed by atoms with E-state index < -0.39 is 11.8 Å². The van der Waals surface area contributed by atoms with Gasteiger partial charge in [-0.15, -0.1) is 0 Å². The van der Waals surface area contributed by atoms with E-state index in [-0.39, 0.29) is 16.4 Å². The first-order chi connectivity index (χ1) is 8.88. The molecule has 0 saturated carbocycles. The number of amides is 2. The van der Waals surface area contributed by atoms with Gasteiger partial charge in [-0.3, -0.25) is 20.2 Å². The van der Waals surface area contributed by atoms with Crippen LogP contribution >= 0.6 is 44.1 Å². The van der Waals surface area contributed by atoms with Gasteiger partial charge >= 0.3 is 0 Å². The van der Waals surface area contributed by atoms with Gasteiger partial charge in [-0.2, -0.15) is 0 Å². The fourth-order valence-electron chi connectivity index (χ4n) is 1.46. The number of hydrogen-bond donors (Lipinski definition) is 3.